The lowest BCUT2D eigenvalue weighted by atomic mass is 10.2. The Hall–Kier alpha value is -1.83. The molecule has 1 atom stereocenters. The largest absolute Gasteiger partial charge is 0.471 e. The van der Waals surface area contributed by atoms with Gasteiger partial charge in [-0.05, 0) is 39.8 Å². The summed E-state index contributed by atoms with van der Waals surface area (Å²) < 4.78 is 46.7. The van der Waals surface area contributed by atoms with E-state index in [0.717, 1.165) is 18.4 Å². The Morgan fingerprint density at radius 3 is 2.36 bits per heavy atom. The van der Waals surface area contributed by atoms with Gasteiger partial charge in [-0.3, -0.25) is 5.32 Å². The van der Waals surface area contributed by atoms with Crippen LogP contribution in [0.25, 0.3) is 0 Å². The molecule has 1 rings (SSSR count). The van der Waals surface area contributed by atoms with Crippen LogP contribution in [-0.4, -0.2) is 32.6 Å². The number of hydrogen-bond acceptors (Lipinski definition) is 5. The first kappa shape index (κ1) is 18.2. The summed E-state index contributed by atoms with van der Waals surface area (Å²) in [5, 5.41) is 2.41. The standard InChI is InChI=1S/C14H20FNO5S/c1-9(16-13(17)21-14(2,3)4)20-11-6-10(15)7-12(8-11)22(5,18)19/h6-9H,1-5H3,(H,16,17). The molecule has 0 spiro atoms. The Labute approximate surface area is 129 Å². The second-order valence-electron chi connectivity index (χ2n) is 5.80. The average Bonchev–Trinajstić information content (AvgIpc) is 2.23. The second kappa shape index (κ2) is 6.51. The number of carbonyl (C=O) groups is 1. The maximum atomic E-state index is 13.4. The molecular weight excluding hydrogens is 313 g/mol. The first-order valence-electron chi connectivity index (χ1n) is 6.53. The van der Waals surface area contributed by atoms with E-state index < -0.39 is 33.6 Å². The van der Waals surface area contributed by atoms with Crippen LogP contribution in [-0.2, 0) is 14.6 Å². The third-order valence-electron chi connectivity index (χ3n) is 2.31. The molecule has 0 saturated carbocycles. The number of hydrogen-bond donors (Lipinski definition) is 1. The molecule has 1 aromatic carbocycles. The highest BCUT2D eigenvalue weighted by Crippen LogP contribution is 2.21. The number of carbonyl (C=O) groups excluding carboxylic acids is 1. The van der Waals surface area contributed by atoms with Gasteiger partial charge in [0, 0.05) is 12.3 Å². The molecule has 0 aliphatic rings. The number of halogens is 1. The summed E-state index contributed by atoms with van der Waals surface area (Å²) in [4.78, 5) is 11.4. The SMILES string of the molecule is CC(NC(=O)OC(C)(C)C)Oc1cc(F)cc(S(C)(=O)=O)c1. The molecule has 0 aliphatic carbocycles. The van der Waals surface area contributed by atoms with E-state index in [-0.39, 0.29) is 10.6 Å². The molecule has 22 heavy (non-hydrogen) atoms. The topological polar surface area (TPSA) is 81.7 Å². The van der Waals surface area contributed by atoms with Crippen molar-refractivity contribution in [2.45, 2.75) is 44.4 Å². The van der Waals surface area contributed by atoms with Gasteiger partial charge in [-0.25, -0.2) is 17.6 Å². The summed E-state index contributed by atoms with van der Waals surface area (Å²) in [6.07, 6.45) is -0.558. The predicted molar refractivity (Wildman–Crippen MR) is 79.0 cm³/mol. The molecule has 0 aromatic heterocycles. The fraction of sp³-hybridized carbons (Fsp3) is 0.500. The molecule has 1 aromatic rings. The molecule has 0 aliphatic heterocycles. The molecule has 8 heteroatoms. The van der Waals surface area contributed by atoms with E-state index in [2.05, 4.69) is 5.32 Å². The van der Waals surface area contributed by atoms with Crippen LogP contribution in [0.4, 0.5) is 9.18 Å². The van der Waals surface area contributed by atoms with Crippen molar-refractivity contribution in [3.05, 3.63) is 24.0 Å². The molecule has 0 saturated heterocycles. The van der Waals surface area contributed by atoms with Crippen LogP contribution in [0.3, 0.4) is 0 Å². The predicted octanol–water partition coefficient (Wildman–Crippen LogP) is 2.48. The van der Waals surface area contributed by atoms with Gasteiger partial charge in [0.05, 0.1) is 4.90 Å². The van der Waals surface area contributed by atoms with E-state index in [4.69, 9.17) is 9.47 Å². The Kier molecular flexibility index (Phi) is 5.39. The van der Waals surface area contributed by atoms with Gasteiger partial charge in [0.2, 0.25) is 0 Å². The highest BCUT2D eigenvalue weighted by atomic mass is 32.2. The lowest BCUT2D eigenvalue weighted by Crippen LogP contribution is -2.40. The number of benzene rings is 1. The van der Waals surface area contributed by atoms with Crippen LogP contribution in [0.15, 0.2) is 23.1 Å². The Morgan fingerprint density at radius 2 is 1.86 bits per heavy atom. The third-order valence-corrected chi connectivity index (χ3v) is 3.40. The summed E-state index contributed by atoms with van der Waals surface area (Å²) in [5.74, 6) is -0.758. The molecule has 6 nitrogen and oxygen atoms in total. The number of rotatable bonds is 4. The van der Waals surface area contributed by atoms with E-state index in [0.29, 0.717) is 0 Å². The van der Waals surface area contributed by atoms with Gasteiger partial charge in [-0.15, -0.1) is 0 Å². The monoisotopic (exact) mass is 333 g/mol. The maximum Gasteiger partial charge on any atom is 0.410 e. The van der Waals surface area contributed by atoms with E-state index in [9.17, 15) is 17.6 Å². The van der Waals surface area contributed by atoms with Crippen LogP contribution in [0.2, 0.25) is 0 Å². The summed E-state index contributed by atoms with van der Waals surface area (Å²) in [6, 6.07) is 3.11. The number of amides is 1. The molecule has 0 fully saturated rings. The Bertz CT molecular complexity index is 652. The number of sulfone groups is 1. The highest BCUT2D eigenvalue weighted by molar-refractivity contribution is 7.90. The summed E-state index contributed by atoms with van der Waals surface area (Å²) >= 11 is 0. The minimum absolute atomic E-state index is 0.0102. The van der Waals surface area contributed by atoms with Crippen LogP contribution < -0.4 is 10.1 Å². The molecule has 0 bridgehead atoms. The van der Waals surface area contributed by atoms with Gasteiger partial charge < -0.3 is 9.47 Å². The number of ether oxygens (including phenoxy) is 2. The van der Waals surface area contributed by atoms with Crippen molar-refractivity contribution < 1.29 is 27.1 Å². The summed E-state index contributed by atoms with van der Waals surface area (Å²) in [6.45, 7) is 6.64. The van der Waals surface area contributed by atoms with Gasteiger partial charge >= 0.3 is 6.09 Å². The van der Waals surface area contributed by atoms with Crippen LogP contribution in [0.1, 0.15) is 27.7 Å². The molecule has 0 heterocycles. The zero-order valence-electron chi connectivity index (χ0n) is 13.1. The van der Waals surface area contributed by atoms with Gasteiger partial charge in [-0.2, -0.15) is 0 Å². The van der Waals surface area contributed by atoms with Gasteiger partial charge in [-0.1, -0.05) is 0 Å². The normalized spacial score (nSPS) is 13.4. The van der Waals surface area contributed by atoms with Gasteiger partial charge in [0.25, 0.3) is 0 Å². The zero-order valence-corrected chi connectivity index (χ0v) is 14.0. The van der Waals surface area contributed by atoms with Gasteiger partial charge in [0.15, 0.2) is 16.1 Å². The van der Waals surface area contributed by atoms with Crippen molar-refractivity contribution in [1.82, 2.24) is 5.32 Å². The van der Waals surface area contributed by atoms with Crippen LogP contribution in [0.5, 0.6) is 5.75 Å². The van der Waals surface area contributed by atoms with E-state index in [1.807, 2.05) is 0 Å². The Morgan fingerprint density at radius 1 is 1.27 bits per heavy atom. The summed E-state index contributed by atoms with van der Waals surface area (Å²) in [7, 11) is -3.56. The smallest absolute Gasteiger partial charge is 0.410 e. The summed E-state index contributed by atoms with van der Waals surface area (Å²) in [5.41, 5.74) is -0.661. The van der Waals surface area contributed by atoms with Crippen molar-refractivity contribution in [3.8, 4) is 5.75 Å². The second-order valence-corrected chi connectivity index (χ2v) is 7.82. The van der Waals surface area contributed by atoms with Crippen molar-refractivity contribution in [1.29, 1.82) is 0 Å². The zero-order chi connectivity index (χ0) is 17.1. The number of nitrogens with one attached hydrogen (secondary N) is 1. The third kappa shape index (κ3) is 6.30. The number of alkyl carbamates (subject to hydrolysis) is 1. The van der Waals surface area contributed by atoms with Crippen LogP contribution >= 0.6 is 0 Å². The van der Waals surface area contributed by atoms with Gasteiger partial charge in [0.1, 0.15) is 17.2 Å². The van der Waals surface area contributed by atoms with Crippen molar-refractivity contribution in [3.63, 3.8) is 0 Å². The van der Waals surface area contributed by atoms with E-state index in [1.165, 1.54) is 13.0 Å². The lowest BCUT2D eigenvalue weighted by molar-refractivity contribution is 0.0414. The van der Waals surface area contributed by atoms with Crippen molar-refractivity contribution in [2.75, 3.05) is 6.26 Å². The molecular formula is C14H20FNO5S. The van der Waals surface area contributed by atoms with E-state index in [1.54, 1.807) is 20.8 Å². The Balaban J connectivity index is 2.79. The highest BCUT2D eigenvalue weighted by Gasteiger charge is 2.19. The quantitative estimate of drug-likeness (QED) is 0.856. The first-order chi connectivity index (χ1) is 9.87. The molecule has 0 radical (unpaired) electrons. The maximum absolute atomic E-state index is 13.4. The van der Waals surface area contributed by atoms with Crippen LogP contribution in [0, 0.1) is 5.82 Å². The lowest BCUT2D eigenvalue weighted by Gasteiger charge is -2.22. The average molecular weight is 333 g/mol. The molecule has 1 unspecified atom stereocenters. The molecule has 1 N–H and O–H groups in total. The first-order valence-corrected chi connectivity index (χ1v) is 8.43. The minimum atomic E-state index is -3.56. The minimum Gasteiger partial charge on any atom is -0.471 e. The van der Waals surface area contributed by atoms with E-state index >= 15 is 0 Å². The molecule has 124 valence electrons. The van der Waals surface area contributed by atoms with Crippen molar-refractivity contribution >= 4 is 15.9 Å². The fourth-order valence-electron chi connectivity index (χ4n) is 1.53. The molecule has 1 amide bonds. The fourth-order valence-corrected chi connectivity index (χ4v) is 2.18. The van der Waals surface area contributed by atoms with Crippen molar-refractivity contribution in [2.24, 2.45) is 0 Å².